The highest BCUT2D eigenvalue weighted by Crippen LogP contribution is 2.44. The lowest BCUT2D eigenvalue weighted by Gasteiger charge is -2.20. The van der Waals surface area contributed by atoms with Crippen LogP contribution in [0, 0.1) is 11.2 Å². The van der Waals surface area contributed by atoms with E-state index in [0.29, 0.717) is 11.5 Å². The van der Waals surface area contributed by atoms with E-state index in [1.54, 1.807) is 12.1 Å². The highest BCUT2D eigenvalue weighted by atomic mass is 19.1. The summed E-state index contributed by atoms with van der Waals surface area (Å²) in [6, 6.07) is 7.20. The summed E-state index contributed by atoms with van der Waals surface area (Å²) in [4.78, 5) is 0. The highest BCUT2D eigenvalue weighted by Gasteiger charge is 2.37. The van der Waals surface area contributed by atoms with Gasteiger partial charge in [-0.2, -0.15) is 0 Å². The van der Waals surface area contributed by atoms with Crippen LogP contribution in [-0.4, -0.2) is 6.54 Å². The van der Waals surface area contributed by atoms with E-state index in [1.807, 2.05) is 12.1 Å². The lowest BCUT2D eigenvalue weighted by Crippen LogP contribution is -2.26. The molecule has 0 amide bonds. The van der Waals surface area contributed by atoms with E-state index in [-0.39, 0.29) is 5.82 Å². The van der Waals surface area contributed by atoms with Crippen molar-refractivity contribution >= 4 is 0 Å². The zero-order chi connectivity index (χ0) is 11.6. The molecule has 2 rings (SSSR count). The summed E-state index contributed by atoms with van der Waals surface area (Å²) in [5.74, 6) is -0.159. The van der Waals surface area contributed by atoms with E-state index >= 15 is 0 Å². The summed E-state index contributed by atoms with van der Waals surface area (Å²) < 4.78 is 12.8. The van der Waals surface area contributed by atoms with Crippen LogP contribution in [0.2, 0.25) is 0 Å². The van der Waals surface area contributed by atoms with Crippen molar-refractivity contribution in [3.63, 3.8) is 0 Å². The predicted molar refractivity (Wildman–Crippen MR) is 64.8 cm³/mol. The molecule has 2 heteroatoms. The van der Waals surface area contributed by atoms with Crippen LogP contribution in [0.3, 0.4) is 0 Å². The van der Waals surface area contributed by atoms with Crippen molar-refractivity contribution in [2.24, 2.45) is 5.41 Å². The molecule has 1 aromatic carbocycles. The number of benzene rings is 1. The van der Waals surface area contributed by atoms with Crippen molar-refractivity contribution < 1.29 is 4.39 Å². The fraction of sp³-hybridized carbons (Fsp3) is 0.571. The van der Waals surface area contributed by atoms with Gasteiger partial charge in [0.15, 0.2) is 0 Å². The van der Waals surface area contributed by atoms with Gasteiger partial charge in [-0.15, -0.1) is 0 Å². The van der Waals surface area contributed by atoms with E-state index in [0.717, 1.165) is 13.0 Å². The van der Waals surface area contributed by atoms with Crippen LogP contribution < -0.4 is 5.32 Å². The van der Waals surface area contributed by atoms with Gasteiger partial charge in [0.05, 0.1) is 0 Å². The van der Waals surface area contributed by atoms with E-state index in [2.05, 4.69) is 19.2 Å². The Bertz CT molecular complexity index is 340. The Morgan fingerprint density at radius 1 is 1.31 bits per heavy atom. The second kappa shape index (κ2) is 4.54. The summed E-state index contributed by atoms with van der Waals surface area (Å²) in [7, 11) is 0. The van der Waals surface area contributed by atoms with E-state index < -0.39 is 0 Å². The van der Waals surface area contributed by atoms with Gasteiger partial charge in [-0.1, -0.05) is 26.0 Å². The first-order valence-corrected chi connectivity index (χ1v) is 6.12. The van der Waals surface area contributed by atoms with Crippen molar-refractivity contribution in [1.29, 1.82) is 0 Å². The minimum Gasteiger partial charge on any atom is -0.309 e. The zero-order valence-corrected chi connectivity index (χ0v) is 10.1. The molecule has 88 valence electrons. The molecule has 1 fully saturated rings. The molecule has 0 saturated heterocycles. The monoisotopic (exact) mass is 221 g/mol. The Morgan fingerprint density at radius 3 is 2.44 bits per heavy atom. The maximum atomic E-state index is 12.8. The number of hydrogen-bond donors (Lipinski definition) is 1. The lowest BCUT2D eigenvalue weighted by molar-refractivity contribution is 0.433. The third-order valence-corrected chi connectivity index (χ3v) is 3.56. The van der Waals surface area contributed by atoms with Crippen LogP contribution in [0.5, 0.6) is 0 Å². The molecule has 1 unspecified atom stereocenters. The minimum absolute atomic E-state index is 0.159. The highest BCUT2D eigenvalue weighted by molar-refractivity contribution is 5.19. The second-order valence-corrected chi connectivity index (χ2v) is 5.20. The normalized spacial score (nSPS) is 19.4. The molecule has 1 aromatic rings. The van der Waals surface area contributed by atoms with Crippen molar-refractivity contribution in [3.05, 3.63) is 35.6 Å². The average molecular weight is 221 g/mol. The second-order valence-electron chi connectivity index (χ2n) is 5.20. The summed E-state index contributed by atoms with van der Waals surface area (Å²) in [6.07, 6.45) is 3.71. The first-order valence-electron chi connectivity index (χ1n) is 6.12. The SMILES string of the molecule is CCC(NCC1(C)CC1)c1ccc(F)cc1. The molecule has 0 aliphatic heterocycles. The molecule has 16 heavy (non-hydrogen) atoms. The van der Waals surface area contributed by atoms with Gasteiger partial charge in [-0.25, -0.2) is 4.39 Å². The maximum Gasteiger partial charge on any atom is 0.123 e. The van der Waals surface area contributed by atoms with Crippen molar-refractivity contribution in [1.82, 2.24) is 5.32 Å². The molecule has 1 atom stereocenters. The summed E-state index contributed by atoms with van der Waals surface area (Å²) >= 11 is 0. The molecule has 0 aromatic heterocycles. The molecule has 1 aliphatic rings. The molecular weight excluding hydrogens is 201 g/mol. The number of nitrogens with one attached hydrogen (secondary N) is 1. The fourth-order valence-electron chi connectivity index (χ4n) is 1.95. The van der Waals surface area contributed by atoms with Gasteiger partial charge in [-0.3, -0.25) is 0 Å². The number of halogens is 1. The molecule has 1 saturated carbocycles. The van der Waals surface area contributed by atoms with Gasteiger partial charge in [0.25, 0.3) is 0 Å². The summed E-state index contributed by atoms with van der Waals surface area (Å²) in [6.45, 7) is 5.55. The van der Waals surface area contributed by atoms with Gasteiger partial charge < -0.3 is 5.32 Å². The van der Waals surface area contributed by atoms with Gasteiger partial charge in [0.2, 0.25) is 0 Å². The quantitative estimate of drug-likeness (QED) is 0.800. The van der Waals surface area contributed by atoms with E-state index in [4.69, 9.17) is 0 Å². The average Bonchev–Trinajstić information content (AvgIpc) is 3.00. The van der Waals surface area contributed by atoms with Crippen molar-refractivity contribution in [3.8, 4) is 0 Å². The van der Waals surface area contributed by atoms with Crippen molar-refractivity contribution in [2.45, 2.75) is 39.2 Å². The first-order chi connectivity index (χ1) is 7.63. The van der Waals surface area contributed by atoms with Crippen LogP contribution in [-0.2, 0) is 0 Å². The van der Waals surface area contributed by atoms with E-state index in [9.17, 15) is 4.39 Å². The standard InChI is InChI=1S/C14H20FN/c1-3-13(16-10-14(2)8-9-14)11-4-6-12(15)7-5-11/h4-7,13,16H,3,8-10H2,1-2H3. The number of rotatable bonds is 5. The molecule has 0 radical (unpaired) electrons. The van der Waals surface area contributed by atoms with Gasteiger partial charge in [-0.05, 0) is 42.4 Å². The Morgan fingerprint density at radius 2 is 1.94 bits per heavy atom. The largest absolute Gasteiger partial charge is 0.309 e. The summed E-state index contributed by atoms with van der Waals surface area (Å²) in [5.41, 5.74) is 1.71. The third-order valence-electron chi connectivity index (χ3n) is 3.56. The summed E-state index contributed by atoms with van der Waals surface area (Å²) in [5, 5.41) is 3.59. The number of hydrogen-bond acceptors (Lipinski definition) is 1. The molecule has 1 aliphatic carbocycles. The van der Waals surface area contributed by atoms with Crippen LogP contribution >= 0.6 is 0 Å². The van der Waals surface area contributed by atoms with E-state index in [1.165, 1.54) is 18.4 Å². The first kappa shape index (κ1) is 11.6. The van der Waals surface area contributed by atoms with Gasteiger partial charge >= 0.3 is 0 Å². The molecule has 0 bridgehead atoms. The Hall–Kier alpha value is -0.890. The molecular formula is C14H20FN. The lowest BCUT2D eigenvalue weighted by atomic mass is 10.0. The Balaban J connectivity index is 1.95. The van der Waals surface area contributed by atoms with Crippen LogP contribution in [0.15, 0.2) is 24.3 Å². The molecule has 0 heterocycles. The predicted octanol–water partition coefficient (Wildman–Crippen LogP) is 3.67. The Labute approximate surface area is 97.1 Å². The minimum atomic E-state index is -0.159. The maximum absolute atomic E-state index is 12.8. The van der Waals surface area contributed by atoms with Crippen LogP contribution in [0.1, 0.15) is 44.7 Å². The molecule has 1 nitrogen and oxygen atoms in total. The smallest absolute Gasteiger partial charge is 0.123 e. The topological polar surface area (TPSA) is 12.0 Å². The van der Waals surface area contributed by atoms with Crippen molar-refractivity contribution in [2.75, 3.05) is 6.54 Å². The fourth-order valence-corrected chi connectivity index (χ4v) is 1.95. The van der Waals surface area contributed by atoms with Crippen LogP contribution in [0.4, 0.5) is 4.39 Å². The molecule has 0 spiro atoms. The molecule has 1 N–H and O–H groups in total. The third kappa shape index (κ3) is 2.82. The van der Waals surface area contributed by atoms with Crippen LogP contribution in [0.25, 0.3) is 0 Å². The Kier molecular flexibility index (Phi) is 3.29. The van der Waals surface area contributed by atoms with Gasteiger partial charge in [0.1, 0.15) is 5.82 Å². The van der Waals surface area contributed by atoms with Gasteiger partial charge in [0, 0.05) is 12.6 Å². The zero-order valence-electron chi connectivity index (χ0n) is 10.1.